The van der Waals surface area contributed by atoms with Gasteiger partial charge in [0, 0.05) is 18.1 Å². The van der Waals surface area contributed by atoms with E-state index in [-0.39, 0.29) is 21.5 Å². The van der Waals surface area contributed by atoms with Crippen LogP contribution in [0.5, 0.6) is 0 Å². The Morgan fingerprint density at radius 1 is 1.47 bits per heavy atom. The normalized spacial score (nSPS) is 24.1. The third-order valence-electron chi connectivity index (χ3n) is 3.35. The van der Waals surface area contributed by atoms with Gasteiger partial charge in [0.15, 0.2) is 0 Å². The van der Waals surface area contributed by atoms with Gasteiger partial charge in [-0.15, -0.1) is 0 Å². The number of halogens is 2. The van der Waals surface area contributed by atoms with Crippen LogP contribution in [0.1, 0.15) is 13.3 Å². The fourth-order valence-electron chi connectivity index (χ4n) is 2.22. The molecule has 0 saturated carbocycles. The van der Waals surface area contributed by atoms with Crippen LogP contribution in [0.3, 0.4) is 0 Å². The third kappa shape index (κ3) is 2.84. The van der Waals surface area contributed by atoms with Gasteiger partial charge < -0.3 is 4.74 Å². The molecule has 2 rings (SSSR count). The Balaban J connectivity index is 2.36. The Labute approximate surface area is 120 Å². The molecular formula is C12H15BrFNO3S. The summed E-state index contributed by atoms with van der Waals surface area (Å²) in [5.41, 5.74) is 0. The van der Waals surface area contributed by atoms with Crippen LogP contribution in [0.2, 0.25) is 0 Å². The third-order valence-corrected chi connectivity index (χ3v) is 6.21. The highest BCUT2D eigenvalue weighted by Crippen LogP contribution is 2.29. The van der Waals surface area contributed by atoms with E-state index in [9.17, 15) is 12.8 Å². The maximum absolute atomic E-state index is 13.0. The zero-order chi connectivity index (χ0) is 14.2. The van der Waals surface area contributed by atoms with Crippen LogP contribution in [0, 0.1) is 5.82 Å². The quantitative estimate of drug-likeness (QED) is 0.839. The minimum atomic E-state index is -3.66. The first-order valence-electron chi connectivity index (χ1n) is 5.88. The van der Waals surface area contributed by atoms with E-state index in [1.165, 1.54) is 17.4 Å². The monoisotopic (exact) mass is 351 g/mol. The van der Waals surface area contributed by atoms with Crippen molar-refractivity contribution >= 4 is 26.0 Å². The fourth-order valence-corrected chi connectivity index (χ4v) is 4.67. The molecule has 1 aromatic carbocycles. The molecule has 2 atom stereocenters. The number of likely N-dealkylation sites (N-methyl/N-ethyl adjacent to an activating group) is 1. The second kappa shape index (κ2) is 5.47. The Morgan fingerprint density at radius 2 is 2.16 bits per heavy atom. The summed E-state index contributed by atoms with van der Waals surface area (Å²) in [6.45, 7) is 2.40. The number of nitrogens with zero attached hydrogens (tertiary/aromatic N) is 1. The van der Waals surface area contributed by atoms with Gasteiger partial charge in [-0.05, 0) is 47.5 Å². The molecular weight excluding hydrogens is 337 g/mol. The number of rotatable bonds is 3. The van der Waals surface area contributed by atoms with Gasteiger partial charge in [0.1, 0.15) is 5.82 Å². The highest BCUT2D eigenvalue weighted by Gasteiger charge is 2.36. The second-order valence-electron chi connectivity index (χ2n) is 4.53. The van der Waals surface area contributed by atoms with Crippen molar-refractivity contribution in [2.24, 2.45) is 0 Å². The molecule has 106 valence electrons. The van der Waals surface area contributed by atoms with Gasteiger partial charge in [0.05, 0.1) is 17.0 Å². The predicted molar refractivity (Wildman–Crippen MR) is 72.9 cm³/mol. The fraction of sp³-hybridized carbons (Fsp3) is 0.500. The highest BCUT2D eigenvalue weighted by molar-refractivity contribution is 9.10. The van der Waals surface area contributed by atoms with E-state index >= 15 is 0 Å². The second-order valence-corrected chi connectivity index (χ2v) is 7.35. The molecule has 0 aromatic heterocycles. The van der Waals surface area contributed by atoms with Crippen molar-refractivity contribution < 1.29 is 17.5 Å². The van der Waals surface area contributed by atoms with Crippen LogP contribution < -0.4 is 0 Å². The molecule has 1 fully saturated rings. The van der Waals surface area contributed by atoms with Crippen molar-refractivity contribution in [3.05, 3.63) is 28.5 Å². The van der Waals surface area contributed by atoms with E-state index in [4.69, 9.17) is 4.74 Å². The van der Waals surface area contributed by atoms with Gasteiger partial charge in [-0.3, -0.25) is 0 Å². The van der Waals surface area contributed by atoms with E-state index in [2.05, 4.69) is 15.9 Å². The van der Waals surface area contributed by atoms with Gasteiger partial charge >= 0.3 is 0 Å². The van der Waals surface area contributed by atoms with E-state index in [0.29, 0.717) is 13.0 Å². The van der Waals surface area contributed by atoms with Gasteiger partial charge in [-0.25, -0.2) is 12.8 Å². The standard InChI is InChI=1S/C12H15BrFNO3S/c1-8-11(5-6-18-8)15(2)19(16,17)12-4-3-9(14)7-10(12)13/h3-4,7-8,11H,5-6H2,1-2H3. The molecule has 7 heteroatoms. The molecule has 0 amide bonds. The number of hydrogen-bond donors (Lipinski definition) is 0. The van der Waals surface area contributed by atoms with E-state index < -0.39 is 15.8 Å². The summed E-state index contributed by atoms with van der Waals surface area (Å²) in [5.74, 6) is -0.481. The first-order valence-corrected chi connectivity index (χ1v) is 8.12. The molecule has 0 radical (unpaired) electrons. The molecule has 0 spiro atoms. The zero-order valence-electron chi connectivity index (χ0n) is 10.6. The minimum absolute atomic E-state index is 0.0653. The molecule has 0 aliphatic carbocycles. The molecule has 1 heterocycles. The lowest BCUT2D eigenvalue weighted by Gasteiger charge is -2.26. The van der Waals surface area contributed by atoms with E-state index in [1.54, 1.807) is 0 Å². The van der Waals surface area contributed by atoms with Crippen molar-refractivity contribution in [2.45, 2.75) is 30.4 Å². The highest BCUT2D eigenvalue weighted by atomic mass is 79.9. The maximum atomic E-state index is 13.0. The smallest absolute Gasteiger partial charge is 0.244 e. The summed E-state index contributed by atoms with van der Waals surface area (Å²) in [4.78, 5) is 0.0653. The summed E-state index contributed by atoms with van der Waals surface area (Å²) >= 11 is 3.10. The summed E-state index contributed by atoms with van der Waals surface area (Å²) in [7, 11) is -2.13. The topological polar surface area (TPSA) is 46.6 Å². The van der Waals surface area contributed by atoms with Crippen LogP contribution in [0.15, 0.2) is 27.6 Å². The van der Waals surface area contributed by atoms with Crippen molar-refractivity contribution in [3.63, 3.8) is 0 Å². The average Bonchev–Trinajstić information content (AvgIpc) is 2.73. The van der Waals surface area contributed by atoms with Gasteiger partial charge in [0.25, 0.3) is 0 Å². The van der Waals surface area contributed by atoms with Crippen LogP contribution in [0.4, 0.5) is 4.39 Å². The molecule has 2 unspecified atom stereocenters. The minimum Gasteiger partial charge on any atom is -0.377 e. The maximum Gasteiger partial charge on any atom is 0.244 e. The molecule has 1 aliphatic rings. The first-order chi connectivity index (χ1) is 8.84. The van der Waals surface area contributed by atoms with E-state index in [1.807, 2.05) is 6.92 Å². The molecule has 1 aromatic rings. The number of hydrogen-bond acceptors (Lipinski definition) is 3. The summed E-state index contributed by atoms with van der Waals surface area (Å²) in [5, 5.41) is 0. The summed E-state index contributed by atoms with van der Waals surface area (Å²) in [6, 6.07) is 3.36. The molecule has 0 bridgehead atoms. The van der Waals surface area contributed by atoms with Crippen molar-refractivity contribution in [1.29, 1.82) is 0 Å². The molecule has 1 saturated heterocycles. The van der Waals surface area contributed by atoms with Crippen molar-refractivity contribution in [2.75, 3.05) is 13.7 Å². The SMILES string of the molecule is CC1OCCC1N(C)S(=O)(=O)c1ccc(F)cc1Br. The Morgan fingerprint density at radius 3 is 2.68 bits per heavy atom. The van der Waals surface area contributed by atoms with Crippen LogP contribution >= 0.6 is 15.9 Å². The predicted octanol–water partition coefficient (Wildman–Crippen LogP) is 2.39. The Kier molecular flexibility index (Phi) is 4.29. The largest absolute Gasteiger partial charge is 0.377 e. The Bertz CT molecular complexity index is 578. The van der Waals surface area contributed by atoms with Gasteiger partial charge in [0.2, 0.25) is 10.0 Å². The zero-order valence-corrected chi connectivity index (χ0v) is 13.0. The molecule has 1 aliphatic heterocycles. The number of ether oxygens (including phenoxy) is 1. The van der Waals surface area contributed by atoms with Crippen molar-refractivity contribution in [3.8, 4) is 0 Å². The average molecular weight is 352 g/mol. The lowest BCUT2D eigenvalue weighted by Crippen LogP contribution is -2.41. The summed E-state index contributed by atoms with van der Waals surface area (Å²) in [6.07, 6.45) is 0.523. The number of benzene rings is 1. The summed E-state index contributed by atoms with van der Waals surface area (Å²) < 4.78 is 45.0. The Hall–Kier alpha value is -0.500. The van der Waals surface area contributed by atoms with Crippen LogP contribution in [-0.4, -0.2) is 38.5 Å². The lowest BCUT2D eigenvalue weighted by molar-refractivity contribution is 0.102. The first kappa shape index (κ1) is 14.9. The molecule has 0 N–H and O–H groups in total. The van der Waals surface area contributed by atoms with E-state index in [0.717, 1.165) is 12.1 Å². The number of sulfonamides is 1. The lowest BCUT2D eigenvalue weighted by atomic mass is 10.2. The molecule has 4 nitrogen and oxygen atoms in total. The molecule has 19 heavy (non-hydrogen) atoms. The van der Waals surface area contributed by atoms with Crippen molar-refractivity contribution in [1.82, 2.24) is 4.31 Å². The van der Waals surface area contributed by atoms with Gasteiger partial charge in [-0.2, -0.15) is 4.31 Å². The van der Waals surface area contributed by atoms with Crippen LogP contribution in [0.25, 0.3) is 0 Å². The van der Waals surface area contributed by atoms with Crippen LogP contribution in [-0.2, 0) is 14.8 Å². The van der Waals surface area contributed by atoms with Gasteiger partial charge in [-0.1, -0.05) is 0 Å².